The van der Waals surface area contributed by atoms with Crippen molar-refractivity contribution in [2.45, 2.75) is 6.54 Å². The average Bonchev–Trinajstić information content (AvgIpc) is 2.99. The Bertz CT molecular complexity index is 702. The molecule has 0 radical (unpaired) electrons. The van der Waals surface area contributed by atoms with Gasteiger partial charge in [0.15, 0.2) is 11.6 Å². The molecule has 5 heteroatoms. The number of hydrogen-bond acceptors (Lipinski definition) is 4. The van der Waals surface area contributed by atoms with E-state index in [0.29, 0.717) is 24.5 Å². The summed E-state index contributed by atoms with van der Waals surface area (Å²) in [7, 11) is 3.51. The third kappa shape index (κ3) is 3.88. The predicted octanol–water partition coefficient (Wildman–Crippen LogP) is 2.93. The molecule has 1 heterocycles. The number of methoxy groups -OCH3 is 1. The van der Waals surface area contributed by atoms with Crippen molar-refractivity contribution in [1.29, 1.82) is 0 Å². The molecule has 0 aliphatic carbocycles. The van der Waals surface area contributed by atoms with Crippen LogP contribution in [0.1, 0.15) is 15.9 Å². The van der Waals surface area contributed by atoms with Crippen molar-refractivity contribution < 1.29 is 9.53 Å². The van der Waals surface area contributed by atoms with Crippen LogP contribution in [0.15, 0.2) is 55.8 Å². The highest BCUT2D eigenvalue weighted by molar-refractivity contribution is 6.07. The van der Waals surface area contributed by atoms with Crippen molar-refractivity contribution in [3.05, 3.63) is 66.9 Å². The van der Waals surface area contributed by atoms with Crippen LogP contribution in [0.2, 0.25) is 0 Å². The number of hydrogen-bond donors (Lipinski definition) is 0. The van der Waals surface area contributed by atoms with Crippen LogP contribution >= 0.6 is 0 Å². The second-order valence-electron chi connectivity index (χ2n) is 5.15. The lowest BCUT2D eigenvalue weighted by Gasteiger charge is -2.14. The molecule has 2 aromatic rings. The summed E-state index contributed by atoms with van der Waals surface area (Å²) in [6, 6.07) is 7.75. The second kappa shape index (κ2) is 7.45. The maximum Gasteiger partial charge on any atom is 0.190 e. The number of ketones is 1. The van der Waals surface area contributed by atoms with Gasteiger partial charge in [0, 0.05) is 19.8 Å². The van der Waals surface area contributed by atoms with Crippen molar-refractivity contribution >= 4 is 11.6 Å². The van der Waals surface area contributed by atoms with E-state index in [1.807, 2.05) is 36.2 Å². The zero-order valence-electron chi connectivity index (χ0n) is 13.5. The predicted molar refractivity (Wildman–Crippen MR) is 92.3 cm³/mol. The van der Waals surface area contributed by atoms with E-state index in [2.05, 4.69) is 18.3 Å². The SMILES string of the molecule is C=CCN(C)c1nn(Cc2ccc(OC)cc2)cc1C(=O)C=C. The molecular weight excluding hydrogens is 290 g/mol. The molecule has 1 aromatic carbocycles. The van der Waals surface area contributed by atoms with Crippen LogP contribution in [0.5, 0.6) is 5.75 Å². The molecule has 0 atom stereocenters. The molecule has 5 nitrogen and oxygen atoms in total. The average molecular weight is 311 g/mol. The van der Waals surface area contributed by atoms with E-state index in [9.17, 15) is 4.79 Å². The molecule has 0 spiro atoms. The molecular formula is C18H21N3O2. The number of rotatable bonds is 8. The Morgan fingerprint density at radius 3 is 2.61 bits per heavy atom. The number of carbonyl (C=O) groups is 1. The molecule has 0 unspecified atom stereocenters. The highest BCUT2D eigenvalue weighted by Gasteiger charge is 2.17. The van der Waals surface area contributed by atoms with E-state index in [1.165, 1.54) is 6.08 Å². The van der Waals surface area contributed by atoms with E-state index in [1.54, 1.807) is 24.1 Å². The number of likely N-dealkylation sites (N-methyl/N-ethyl adjacent to an activating group) is 1. The number of ether oxygens (including phenoxy) is 1. The maximum absolute atomic E-state index is 12.1. The minimum atomic E-state index is -0.142. The topological polar surface area (TPSA) is 47.4 Å². The lowest BCUT2D eigenvalue weighted by atomic mass is 10.2. The van der Waals surface area contributed by atoms with Crippen LogP contribution in [-0.2, 0) is 6.54 Å². The van der Waals surface area contributed by atoms with E-state index >= 15 is 0 Å². The zero-order chi connectivity index (χ0) is 16.8. The molecule has 0 saturated heterocycles. The van der Waals surface area contributed by atoms with Crippen molar-refractivity contribution in [2.24, 2.45) is 0 Å². The summed E-state index contributed by atoms with van der Waals surface area (Å²) in [6.45, 7) is 8.46. The summed E-state index contributed by atoms with van der Waals surface area (Å²) in [5.41, 5.74) is 1.61. The van der Waals surface area contributed by atoms with Gasteiger partial charge < -0.3 is 9.64 Å². The Hall–Kier alpha value is -2.82. The van der Waals surface area contributed by atoms with Crippen molar-refractivity contribution in [3.8, 4) is 5.75 Å². The van der Waals surface area contributed by atoms with Gasteiger partial charge in [-0.05, 0) is 23.8 Å². The van der Waals surface area contributed by atoms with E-state index in [0.717, 1.165) is 11.3 Å². The van der Waals surface area contributed by atoms with Crippen molar-refractivity contribution in [3.63, 3.8) is 0 Å². The lowest BCUT2D eigenvalue weighted by Crippen LogP contribution is -2.19. The number of aromatic nitrogens is 2. The van der Waals surface area contributed by atoms with E-state index in [-0.39, 0.29) is 5.78 Å². The van der Waals surface area contributed by atoms with E-state index in [4.69, 9.17) is 4.74 Å². The highest BCUT2D eigenvalue weighted by atomic mass is 16.5. The van der Waals surface area contributed by atoms with Crippen LogP contribution < -0.4 is 9.64 Å². The number of benzene rings is 1. The molecule has 23 heavy (non-hydrogen) atoms. The first kappa shape index (κ1) is 16.5. The molecule has 0 saturated carbocycles. The van der Waals surface area contributed by atoms with Gasteiger partial charge in [-0.1, -0.05) is 24.8 Å². The van der Waals surface area contributed by atoms with Crippen LogP contribution in [0.3, 0.4) is 0 Å². The molecule has 0 fully saturated rings. The molecule has 0 amide bonds. The number of nitrogens with zero attached hydrogens (tertiary/aromatic N) is 3. The van der Waals surface area contributed by atoms with Crippen LogP contribution in [0.4, 0.5) is 5.82 Å². The van der Waals surface area contributed by atoms with Crippen LogP contribution in [0.25, 0.3) is 0 Å². The fraction of sp³-hybridized carbons (Fsp3) is 0.222. The van der Waals surface area contributed by atoms with Gasteiger partial charge in [0.05, 0.1) is 19.2 Å². The summed E-state index contributed by atoms with van der Waals surface area (Å²) < 4.78 is 6.91. The summed E-state index contributed by atoms with van der Waals surface area (Å²) in [5.74, 6) is 1.29. The fourth-order valence-electron chi connectivity index (χ4n) is 2.26. The quantitative estimate of drug-likeness (QED) is 0.427. The summed E-state index contributed by atoms with van der Waals surface area (Å²) in [6.07, 6.45) is 4.83. The summed E-state index contributed by atoms with van der Waals surface area (Å²) >= 11 is 0. The standard InChI is InChI=1S/C18H21N3O2/c1-5-11-20(3)18-16(17(22)6-2)13-21(19-18)12-14-7-9-15(23-4)10-8-14/h5-10,13H,1-2,11-12H2,3-4H3. The lowest BCUT2D eigenvalue weighted by molar-refractivity contribution is 0.104. The minimum absolute atomic E-state index is 0.142. The first-order valence-electron chi connectivity index (χ1n) is 7.28. The van der Waals surface area contributed by atoms with Gasteiger partial charge in [-0.25, -0.2) is 0 Å². The summed E-state index contributed by atoms with van der Waals surface area (Å²) in [4.78, 5) is 13.9. The first-order chi connectivity index (χ1) is 11.1. The zero-order valence-corrected chi connectivity index (χ0v) is 13.5. The second-order valence-corrected chi connectivity index (χ2v) is 5.15. The Balaban J connectivity index is 2.29. The normalized spacial score (nSPS) is 10.2. The van der Waals surface area contributed by atoms with Gasteiger partial charge in [0.25, 0.3) is 0 Å². The fourth-order valence-corrected chi connectivity index (χ4v) is 2.26. The Morgan fingerprint density at radius 2 is 2.04 bits per heavy atom. The monoisotopic (exact) mass is 311 g/mol. The largest absolute Gasteiger partial charge is 0.497 e. The van der Waals surface area contributed by atoms with Gasteiger partial charge >= 0.3 is 0 Å². The number of allylic oxidation sites excluding steroid dienone is 1. The number of anilines is 1. The smallest absolute Gasteiger partial charge is 0.190 e. The maximum atomic E-state index is 12.1. The van der Waals surface area contributed by atoms with Gasteiger partial charge in [0.2, 0.25) is 0 Å². The molecule has 0 bridgehead atoms. The van der Waals surface area contributed by atoms with Crippen LogP contribution in [-0.4, -0.2) is 36.3 Å². The van der Waals surface area contributed by atoms with Gasteiger partial charge in [-0.15, -0.1) is 6.58 Å². The molecule has 0 aliphatic heterocycles. The third-order valence-electron chi connectivity index (χ3n) is 3.46. The Morgan fingerprint density at radius 1 is 1.35 bits per heavy atom. The number of carbonyl (C=O) groups excluding carboxylic acids is 1. The highest BCUT2D eigenvalue weighted by Crippen LogP contribution is 2.20. The van der Waals surface area contributed by atoms with Gasteiger partial charge in [-0.2, -0.15) is 5.10 Å². The molecule has 1 aromatic heterocycles. The Kier molecular flexibility index (Phi) is 5.36. The van der Waals surface area contributed by atoms with Crippen molar-refractivity contribution in [2.75, 3.05) is 25.6 Å². The first-order valence-corrected chi connectivity index (χ1v) is 7.28. The van der Waals surface area contributed by atoms with Crippen molar-refractivity contribution in [1.82, 2.24) is 9.78 Å². The summed E-state index contributed by atoms with van der Waals surface area (Å²) in [5, 5.41) is 4.53. The van der Waals surface area contributed by atoms with Crippen LogP contribution in [0, 0.1) is 0 Å². The molecule has 0 N–H and O–H groups in total. The molecule has 120 valence electrons. The Labute approximate surface area is 136 Å². The molecule has 2 rings (SSSR count). The van der Waals surface area contributed by atoms with Gasteiger partial charge in [-0.3, -0.25) is 9.48 Å². The molecule has 0 aliphatic rings. The van der Waals surface area contributed by atoms with Gasteiger partial charge in [0.1, 0.15) is 5.75 Å². The van der Waals surface area contributed by atoms with E-state index < -0.39 is 0 Å². The minimum Gasteiger partial charge on any atom is -0.497 e. The third-order valence-corrected chi connectivity index (χ3v) is 3.46.